The summed E-state index contributed by atoms with van der Waals surface area (Å²) in [6.45, 7) is 6.68. The Morgan fingerprint density at radius 1 is 1.15 bits per heavy atom. The lowest BCUT2D eigenvalue weighted by molar-refractivity contribution is -0.141. The number of nitrogens with zero attached hydrogens (tertiary/aromatic N) is 2. The molecule has 0 radical (unpaired) electrons. The number of fused-ring (bicyclic) bond motifs is 1. The molecule has 9 heteroatoms. The van der Waals surface area contributed by atoms with Crippen LogP contribution in [0.15, 0.2) is 48.5 Å². The zero-order valence-electron chi connectivity index (χ0n) is 18.5. The Bertz CT molecular complexity index is 1170. The van der Waals surface area contributed by atoms with Gasteiger partial charge in [0.1, 0.15) is 4.88 Å². The minimum absolute atomic E-state index is 0.0148. The second-order valence-corrected chi connectivity index (χ2v) is 9.36. The molecule has 0 unspecified atom stereocenters. The van der Waals surface area contributed by atoms with Crippen LogP contribution in [-0.4, -0.2) is 24.1 Å². The minimum atomic E-state index is -4.77. The van der Waals surface area contributed by atoms with Crippen LogP contribution < -0.4 is 10.2 Å². The van der Waals surface area contributed by atoms with Crippen molar-refractivity contribution in [2.45, 2.75) is 38.8 Å². The highest BCUT2D eigenvalue weighted by atomic mass is 32.1. The zero-order chi connectivity index (χ0) is 23.8. The largest absolute Gasteiger partial charge is 0.462 e. The average molecular weight is 476 g/mol. The molecule has 1 N–H and O–H groups in total. The lowest BCUT2D eigenvalue weighted by atomic mass is 9.77. The van der Waals surface area contributed by atoms with Crippen LogP contribution in [0.2, 0.25) is 0 Å². The minimum Gasteiger partial charge on any atom is -0.462 e. The van der Waals surface area contributed by atoms with Gasteiger partial charge in [-0.1, -0.05) is 55.5 Å². The summed E-state index contributed by atoms with van der Waals surface area (Å²) < 4.78 is 45.3. The quantitative estimate of drug-likeness (QED) is 0.407. The van der Waals surface area contributed by atoms with Gasteiger partial charge in [0, 0.05) is 12.2 Å². The highest BCUT2D eigenvalue weighted by molar-refractivity contribution is 7.17. The number of ether oxygens (including phenoxy) is 1. The second kappa shape index (κ2) is 8.70. The summed E-state index contributed by atoms with van der Waals surface area (Å²) in [6.07, 6.45) is -3.85. The Hall–Kier alpha value is -3.07. The normalized spacial score (nSPS) is 15.2. The molecule has 0 aliphatic carbocycles. The lowest BCUT2D eigenvalue weighted by Gasteiger charge is -2.40. The van der Waals surface area contributed by atoms with Gasteiger partial charge in [-0.2, -0.15) is 13.2 Å². The van der Waals surface area contributed by atoms with Gasteiger partial charge in [-0.05, 0) is 42.5 Å². The molecule has 0 saturated heterocycles. The summed E-state index contributed by atoms with van der Waals surface area (Å²) >= 11 is 0.635. The van der Waals surface area contributed by atoms with Crippen molar-refractivity contribution in [1.82, 2.24) is 4.98 Å². The summed E-state index contributed by atoms with van der Waals surface area (Å²) in [6, 6.07) is 15.5. The van der Waals surface area contributed by atoms with Gasteiger partial charge in [-0.25, -0.2) is 9.78 Å². The maximum absolute atomic E-state index is 13.5. The number of alkyl halides is 3. The molecule has 1 aliphatic heterocycles. The van der Waals surface area contributed by atoms with E-state index in [1.807, 2.05) is 24.3 Å². The molecular weight excluding hydrogens is 451 g/mol. The molecule has 0 fully saturated rings. The molecule has 0 bridgehead atoms. The lowest BCUT2D eigenvalue weighted by Crippen LogP contribution is -2.34. The highest BCUT2D eigenvalue weighted by Gasteiger charge is 2.40. The molecule has 2 aromatic carbocycles. The van der Waals surface area contributed by atoms with Crippen molar-refractivity contribution in [3.8, 4) is 0 Å². The number of carbonyl (C=O) groups is 1. The summed E-state index contributed by atoms with van der Waals surface area (Å²) in [5, 5.41) is 2.98. The monoisotopic (exact) mass is 475 g/mol. The zero-order valence-corrected chi connectivity index (χ0v) is 19.3. The fraction of sp³-hybridized carbons (Fsp3) is 0.333. The summed E-state index contributed by atoms with van der Waals surface area (Å²) in [5.74, 6) is -1.03. The van der Waals surface area contributed by atoms with Gasteiger partial charge in [0.25, 0.3) is 0 Å². The third kappa shape index (κ3) is 4.55. The maximum atomic E-state index is 13.5. The first-order valence-electron chi connectivity index (χ1n) is 10.6. The number of aromatic nitrogens is 1. The van der Waals surface area contributed by atoms with E-state index in [0.717, 1.165) is 24.3 Å². The predicted molar refractivity (Wildman–Crippen MR) is 124 cm³/mol. The molecule has 33 heavy (non-hydrogen) atoms. The molecule has 1 aliphatic rings. The van der Waals surface area contributed by atoms with E-state index in [-0.39, 0.29) is 17.2 Å². The highest BCUT2D eigenvalue weighted by Crippen LogP contribution is 2.45. The van der Waals surface area contributed by atoms with Crippen LogP contribution in [0, 0.1) is 0 Å². The smallest absolute Gasteiger partial charge is 0.435 e. The molecular formula is C24H24F3N3O2S. The number of halogens is 3. The van der Waals surface area contributed by atoms with Crippen LogP contribution in [0.5, 0.6) is 0 Å². The topological polar surface area (TPSA) is 54.5 Å². The first-order chi connectivity index (χ1) is 15.6. The Balaban J connectivity index is 1.72. The van der Waals surface area contributed by atoms with Gasteiger partial charge >= 0.3 is 12.1 Å². The molecule has 1 aromatic heterocycles. The van der Waals surface area contributed by atoms with E-state index in [4.69, 9.17) is 4.74 Å². The molecule has 4 rings (SSSR count). The summed E-state index contributed by atoms with van der Waals surface area (Å²) in [7, 11) is 0. The van der Waals surface area contributed by atoms with Crippen LogP contribution in [0.3, 0.4) is 0 Å². The van der Waals surface area contributed by atoms with Gasteiger partial charge in [-0.3, -0.25) is 0 Å². The van der Waals surface area contributed by atoms with Gasteiger partial charge in [0.05, 0.1) is 18.0 Å². The van der Waals surface area contributed by atoms with Gasteiger partial charge in [0.2, 0.25) is 0 Å². The van der Waals surface area contributed by atoms with Gasteiger partial charge in [0.15, 0.2) is 10.8 Å². The number of anilines is 4. The van der Waals surface area contributed by atoms with E-state index < -0.39 is 22.7 Å². The van der Waals surface area contributed by atoms with Crippen molar-refractivity contribution in [1.29, 1.82) is 0 Å². The number of hydrogen-bond donors (Lipinski definition) is 1. The number of nitrogens with one attached hydrogen (secondary N) is 1. The van der Waals surface area contributed by atoms with Crippen molar-refractivity contribution in [3.05, 3.63) is 64.7 Å². The number of esters is 1. The van der Waals surface area contributed by atoms with Crippen molar-refractivity contribution in [2.75, 3.05) is 23.4 Å². The second-order valence-electron chi connectivity index (χ2n) is 8.36. The number of hydrogen-bond acceptors (Lipinski definition) is 6. The fourth-order valence-electron chi connectivity index (χ4n) is 4.01. The average Bonchev–Trinajstić information content (AvgIpc) is 3.20. The third-order valence-corrected chi connectivity index (χ3v) is 6.63. The molecule has 5 nitrogen and oxygen atoms in total. The van der Waals surface area contributed by atoms with Gasteiger partial charge < -0.3 is 15.0 Å². The molecule has 0 spiro atoms. The van der Waals surface area contributed by atoms with Crippen LogP contribution in [0.25, 0.3) is 0 Å². The first-order valence-corrected chi connectivity index (χ1v) is 11.4. The Kier molecular flexibility index (Phi) is 6.09. The Labute approximate surface area is 194 Å². The molecule has 3 aromatic rings. The number of para-hydroxylation sites is 3. The fourth-order valence-corrected chi connectivity index (χ4v) is 4.90. The molecule has 0 saturated carbocycles. The third-order valence-electron chi connectivity index (χ3n) is 5.68. The predicted octanol–water partition coefficient (Wildman–Crippen LogP) is 6.90. The molecule has 0 amide bonds. The SMILES string of the molecule is CCOC(=O)c1sc(Nc2ccccc2N2CCC(C)(C)c3ccccc32)nc1C(F)(F)F. The van der Waals surface area contributed by atoms with Crippen molar-refractivity contribution >= 4 is 39.5 Å². The number of benzene rings is 2. The van der Waals surface area contributed by atoms with Crippen LogP contribution >= 0.6 is 11.3 Å². The van der Waals surface area contributed by atoms with Crippen molar-refractivity contribution < 1.29 is 22.7 Å². The Morgan fingerprint density at radius 3 is 2.52 bits per heavy atom. The van der Waals surface area contributed by atoms with Gasteiger partial charge in [-0.15, -0.1) is 0 Å². The van der Waals surface area contributed by atoms with Crippen LogP contribution in [0.4, 0.5) is 35.4 Å². The first kappa shape index (κ1) is 23.1. The maximum Gasteiger partial charge on any atom is 0.435 e. The van der Waals surface area contributed by atoms with E-state index in [1.165, 1.54) is 5.56 Å². The van der Waals surface area contributed by atoms with E-state index in [0.29, 0.717) is 17.0 Å². The standard InChI is InChI=1S/C24H24F3N3O2S/c1-4-32-21(31)19-20(24(25,26)27)29-22(33-19)28-16-10-6-8-12-18(16)30-14-13-23(2,3)15-9-5-7-11-17(15)30/h5-12H,4,13-14H2,1-3H3,(H,28,29). The number of rotatable bonds is 5. The number of thiazole rings is 1. The summed E-state index contributed by atoms with van der Waals surface area (Å²) in [5.41, 5.74) is 2.47. The van der Waals surface area contributed by atoms with E-state index in [1.54, 1.807) is 19.1 Å². The molecule has 0 atom stereocenters. The Morgan fingerprint density at radius 2 is 1.82 bits per heavy atom. The molecule has 2 heterocycles. The number of carbonyl (C=O) groups excluding carboxylic acids is 1. The van der Waals surface area contributed by atoms with E-state index >= 15 is 0 Å². The van der Waals surface area contributed by atoms with Crippen molar-refractivity contribution in [2.24, 2.45) is 0 Å². The van der Waals surface area contributed by atoms with Crippen LogP contribution in [-0.2, 0) is 16.3 Å². The van der Waals surface area contributed by atoms with E-state index in [2.05, 4.69) is 41.2 Å². The van der Waals surface area contributed by atoms with Crippen molar-refractivity contribution in [3.63, 3.8) is 0 Å². The summed E-state index contributed by atoms with van der Waals surface area (Å²) in [4.78, 5) is 17.4. The van der Waals surface area contributed by atoms with Crippen LogP contribution in [0.1, 0.15) is 48.1 Å². The molecule has 174 valence electrons. The van der Waals surface area contributed by atoms with E-state index in [9.17, 15) is 18.0 Å².